The summed E-state index contributed by atoms with van der Waals surface area (Å²) in [6, 6.07) is 23.1. The normalized spacial score (nSPS) is 17.6. The maximum atomic E-state index is 13.0. The Morgan fingerprint density at radius 2 is 1.63 bits per heavy atom. The Morgan fingerprint density at radius 1 is 0.933 bits per heavy atom. The highest BCUT2D eigenvalue weighted by molar-refractivity contribution is 5.94. The maximum absolute atomic E-state index is 13.0. The van der Waals surface area contributed by atoms with Crippen LogP contribution in [0.2, 0.25) is 0 Å². The van der Waals surface area contributed by atoms with E-state index in [0.29, 0.717) is 30.9 Å². The lowest BCUT2D eigenvalue weighted by atomic mass is 10.1. The minimum atomic E-state index is -0.593. The Kier molecular flexibility index (Phi) is 5.70. The number of rotatable bonds is 4. The van der Waals surface area contributed by atoms with Crippen LogP contribution in [0.3, 0.4) is 0 Å². The van der Waals surface area contributed by atoms with E-state index in [0.717, 1.165) is 10.8 Å². The molecule has 1 unspecified atom stereocenters. The molecule has 0 radical (unpaired) electrons. The average molecular weight is 402 g/mol. The van der Waals surface area contributed by atoms with E-state index in [4.69, 9.17) is 4.74 Å². The molecule has 1 aliphatic heterocycles. The van der Waals surface area contributed by atoms with Crippen LogP contribution in [0.5, 0.6) is 5.75 Å². The summed E-state index contributed by atoms with van der Waals surface area (Å²) >= 11 is 0. The molecule has 0 bridgehead atoms. The molecule has 2 amide bonds. The quantitative estimate of drug-likeness (QED) is 0.663. The molecule has 1 saturated heterocycles. The molecular weight excluding hydrogens is 376 g/mol. The van der Waals surface area contributed by atoms with Crippen molar-refractivity contribution < 1.29 is 14.3 Å². The molecule has 0 aromatic heterocycles. The van der Waals surface area contributed by atoms with Crippen LogP contribution in [0.25, 0.3) is 10.8 Å². The number of benzene rings is 3. The molecule has 1 fully saturated rings. The number of ether oxygens (including phenoxy) is 1. The fourth-order valence-corrected chi connectivity index (χ4v) is 3.96. The summed E-state index contributed by atoms with van der Waals surface area (Å²) < 4.78 is 5.96. The summed E-state index contributed by atoms with van der Waals surface area (Å²) in [7, 11) is 0. The van der Waals surface area contributed by atoms with Gasteiger partial charge in [0.1, 0.15) is 5.75 Å². The van der Waals surface area contributed by atoms with Crippen LogP contribution in [0.15, 0.2) is 72.8 Å². The molecule has 154 valence electrons. The Balaban J connectivity index is 1.39. The first-order chi connectivity index (χ1) is 14.5. The maximum Gasteiger partial charge on any atom is 0.263 e. The fourth-order valence-electron chi connectivity index (χ4n) is 3.96. The first kappa shape index (κ1) is 20.0. The van der Waals surface area contributed by atoms with Crippen LogP contribution in [0, 0.1) is 0 Å². The molecular formula is C25H26N2O3. The predicted octanol–water partition coefficient (Wildman–Crippen LogP) is 3.98. The van der Waals surface area contributed by atoms with Crippen molar-refractivity contribution in [1.82, 2.24) is 9.80 Å². The molecule has 0 N–H and O–H groups in total. The second-order valence-electron chi connectivity index (χ2n) is 7.77. The number of carbonyl (C=O) groups is 2. The lowest BCUT2D eigenvalue weighted by Gasteiger charge is -2.40. The zero-order chi connectivity index (χ0) is 21.1. The zero-order valence-electron chi connectivity index (χ0n) is 17.3. The van der Waals surface area contributed by atoms with Crippen LogP contribution in [-0.4, -0.2) is 53.4 Å². The Bertz CT molecular complexity index is 1050. The van der Waals surface area contributed by atoms with Crippen LogP contribution in [0.4, 0.5) is 0 Å². The van der Waals surface area contributed by atoms with Gasteiger partial charge in [0, 0.05) is 31.2 Å². The molecule has 5 heteroatoms. The Morgan fingerprint density at radius 3 is 2.37 bits per heavy atom. The number of carbonyl (C=O) groups excluding carboxylic acids is 2. The van der Waals surface area contributed by atoms with Gasteiger partial charge in [0.2, 0.25) is 0 Å². The van der Waals surface area contributed by atoms with E-state index in [-0.39, 0.29) is 17.9 Å². The number of amides is 2. The summed E-state index contributed by atoms with van der Waals surface area (Å²) in [5, 5.41) is 2.22. The molecule has 4 rings (SSSR count). The van der Waals surface area contributed by atoms with Gasteiger partial charge < -0.3 is 14.5 Å². The van der Waals surface area contributed by atoms with Crippen molar-refractivity contribution in [3.63, 3.8) is 0 Å². The van der Waals surface area contributed by atoms with E-state index in [9.17, 15) is 9.59 Å². The predicted molar refractivity (Wildman–Crippen MR) is 118 cm³/mol. The third kappa shape index (κ3) is 4.15. The van der Waals surface area contributed by atoms with Gasteiger partial charge in [-0.2, -0.15) is 0 Å². The van der Waals surface area contributed by atoms with E-state index in [1.54, 1.807) is 6.92 Å². The number of nitrogens with zero attached hydrogens (tertiary/aromatic N) is 2. The van der Waals surface area contributed by atoms with Crippen molar-refractivity contribution >= 4 is 22.6 Å². The molecule has 30 heavy (non-hydrogen) atoms. The number of fused-ring (bicyclic) bond motifs is 1. The first-order valence-electron chi connectivity index (χ1n) is 10.3. The van der Waals surface area contributed by atoms with Gasteiger partial charge in [-0.05, 0) is 48.9 Å². The SMILES string of the molecule is CC(Oc1ccc2ccccc2c1)C(=O)N1CCN(C(=O)c2ccccc2)C[C@H]1C. The highest BCUT2D eigenvalue weighted by Gasteiger charge is 2.32. The summed E-state index contributed by atoms with van der Waals surface area (Å²) in [4.78, 5) is 29.4. The summed E-state index contributed by atoms with van der Waals surface area (Å²) in [5.74, 6) is 0.637. The van der Waals surface area contributed by atoms with Gasteiger partial charge >= 0.3 is 0 Å². The van der Waals surface area contributed by atoms with Gasteiger partial charge in [0.25, 0.3) is 11.8 Å². The molecule has 0 saturated carbocycles. The third-order valence-electron chi connectivity index (χ3n) is 5.60. The van der Waals surface area contributed by atoms with E-state index in [2.05, 4.69) is 0 Å². The second-order valence-corrected chi connectivity index (χ2v) is 7.77. The van der Waals surface area contributed by atoms with Gasteiger partial charge in [-0.25, -0.2) is 0 Å². The second kappa shape index (κ2) is 8.57. The zero-order valence-corrected chi connectivity index (χ0v) is 17.3. The minimum absolute atomic E-state index is 0.00927. The van der Waals surface area contributed by atoms with E-state index in [1.165, 1.54) is 0 Å². The van der Waals surface area contributed by atoms with Crippen molar-refractivity contribution in [3.05, 3.63) is 78.4 Å². The monoisotopic (exact) mass is 402 g/mol. The van der Waals surface area contributed by atoms with Gasteiger partial charge in [-0.3, -0.25) is 9.59 Å². The minimum Gasteiger partial charge on any atom is -0.481 e. The molecule has 1 heterocycles. The van der Waals surface area contributed by atoms with Crippen LogP contribution in [-0.2, 0) is 4.79 Å². The topological polar surface area (TPSA) is 49.9 Å². The van der Waals surface area contributed by atoms with Crippen LogP contribution >= 0.6 is 0 Å². The van der Waals surface area contributed by atoms with Crippen molar-refractivity contribution in [2.24, 2.45) is 0 Å². The largest absolute Gasteiger partial charge is 0.481 e. The molecule has 3 aromatic rings. The summed E-state index contributed by atoms with van der Waals surface area (Å²) in [6.07, 6.45) is -0.593. The number of hydrogen-bond acceptors (Lipinski definition) is 3. The van der Waals surface area contributed by atoms with Crippen LogP contribution < -0.4 is 4.74 Å². The lowest BCUT2D eigenvalue weighted by molar-refractivity contribution is -0.142. The Hall–Kier alpha value is -3.34. The summed E-state index contributed by atoms with van der Waals surface area (Å²) in [5.41, 5.74) is 0.678. The standard InChI is InChI=1S/C25H26N2O3/c1-18-17-26(25(29)21-9-4-3-5-10-21)14-15-27(18)24(28)19(2)30-23-13-12-20-8-6-7-11-22(20)16-23/h3-13,16,18-19H,14-15,17H2,1-2H3/t18-,19?/m1/s1. The molecule has 3 aromatic carbocycles. The number of hydrogen-bond donors (Lipinski definition) is 0. The molecule has 5 nitrogen and oxygen atoms in total. The third-order valence-corrected chi connectivity index (χ3v) is 5.60. The molecule has 0 aliphatic carbocycles. The first-order valence-corrected chi connectivity index (χ1v) is 10.3. The van der Waals surface area contributed by atoms with Gasteiger partial charge in [0.15, 0.2) is 6.10 Å². The van der Waals surface area contributed by atoms with Crippen LogP contribution in [0.1, 0.15) is 24.2 Å². The van der Waals surface area contributed by atoms with E-state index in [1.807, 2.05) is 89.5 Å². The van der Waals surface area contributed by atoms with Gasteiger partial charge in [-0.1, -0.05) is 48.5 Å². The van der Waals surface area contributed by atoms with E-state index >= 15 is 0 Å². The smallest absolute Gasteiger partial charge is 0.263 e. The van der Waals surface area contributed by atoms with Crippen molar-refractivity contribution in [2.75, 3.05) is 19.6 Å². The molecule has 1 aliphatic rings. The highest BCUT2D eigenvalue weighted by Crippen LogP contribution is 2.22. The van der Waals surface area contributed by atoms with Crippen molar-refractivity contribution in [2.45, 2.75) is 26.0 Å². The fraction of sp³-hybridized carbons (Fsp3) is 0.280. The Labute approximate surface area is 176 Å². The van der Waals surface area contributed by atoms with Gasteiger partial charge in [0.05, 0.1) is 0 Å². The molecule has 2 atom stereocenters. The number of piperazine rings is 1. The van der Waals surface area contributed by atoms with E-state index < -0.39 is 6.10 Å². The van der Waals surface area contributed by atoms with Crippen molar-refractivity contribution in [1.29, 1.82) is 0 Å². The lowest BCUT2D eigenvalue weighted by Crippen LogP contribution is -2.57. The highest BCUT2D eigenvalue weighted by atomic mass is 16.5. The average Bonchev–Trinajstić information content (AvgIpc) is 2.78. The molecule has 0 spiro atoms. The summed E-state index contributed by atoms with van der Waals surface area (Å²) in [6.45, 7) is 5.30. The van der Waals surface area contributed by atoms with Crippen molar-refractivity contribution in [3.8, 4) is 5.75 Å². The van der Waals surface area contributed by atoms with Gasteiger partial charge in [-0.15, -0.1) is 0 Å².